The van der Waals surface area contributed by atoms with Crippen molar-refractivity contribution in [2.75, 3.05) is 27.2 Å². The average molecular weight is 489 g/mol. The molecule has 4 heterocycles. The Balaban J connectivity index is 1.32. The topological polar surface area (TPSA) is 98.3 Å². The lowest BCUT2D eigenvalue weighted by molar-refractivity contribution is -0.0930. The van der Waals surface area contributed by atoms with E-state index in [-0.39, 0.29) is 17.4 Å². The van der Waals surface area contributed by atoms with Crippen molar-refractivity contribution in [1.29, 1.82) is 0 Å². The van der Waals surface area contributed by atoms with Gasteiger partial charge in [0.05, 0.1) is 29.5 Å². The summed E-state index contributed by atoms with van der Waals surface area (Å²) in [5.74, 6) is 1.88. The number of nitrogens with zero attached hydrogens (tertiary/aromatic N) is 3. The van der Waals surface area contributed by atoms with Crippen LogP contribution in [0.2, 0.25) is 0 Å². The molecule has 4 aromatic rings. The molecule has 0 unspecified atom stereocenters. The third kappa shape index (κ3) is 3.22. The number of benzene rings is 1. The number of fused-ring (bicyclic) bond motifs is 3. The molecule has 186 valence electrons. The molecule has 9 nitrogen and oxygen atoms in total. The van der Waals surface area contributed by atoms with E-state index in [1.807, 2.05) is 17.9 Å². The molecule has 36 heavy (non-hydrogen) atoms. The van der Waals surface area contributed by atoms with Gasteiger partial charge >= 0.3 is 0 Å². The van der Waals surface area contributed by atoms with Crippen molar-refractivity contribution in [2.24, 2.45) is 5.92 Å². The number of carbonyl (C=O) groups excluding carboxylic acids is 2. The number of hydrogen-bond donors (Lipinski definition) is 1. The third-order valence-corrected chi connectivity index (χ3v) is 7.89. The van der Waals surface area contributed by atoms with Gasteiger partial charge in [-0.25, -0.2) is 4.52 Å². The fraction of sp³-hybridized carbons (Fsp3) is 0.370. The molecule has 1 aliphatic carbocycles. The van der Waals surface area contributed by atoms with Gasteiger partial charge in [-0.15, -0.1) is 0 Å². The zero-order chi connectivity index (χ0) is 25.2. The molecule has 3 aromatic heterocycles. The molecule has 9 heteroatoms. The van der Waals surface area contributed by atoms with Crippen molar-refractivity contribution in [3.63, 3.8) is 0 Å². The summed E-state index contributed by atoms with van der Waals surface area (Å²) < 4.78 is 19.5. The SMILES string of the molecule is CNC(=O)c1c(C)oc2cc(Oc3ccnn4cc(C(=O)N5C[C@@H]6CC[C@]6(OC)C5)c(C)c34)ccc12. The third-order valence-electron chi connectivity index (χ3n) is 7.89. The van der Waals surface area contributed by atoms with Gasteiger partial charge in [-0.2, -0.15) is 5.10 Å². The van der Waals surface area contributed by atoms with Crippen LogP contribution >= 0.6 is 0 Å². The second-order valence-corrected chi connectivity index (χ2v) is 9.72. The van der Waals surface area contributed by atoms with E-state index in [4.69, 9.17) is 13.9 Å². The Bertz CT molecular complexity index is 1530. The molecular formula is C27H28N4O5. The Kier molecular flexibility index (Phi) is 5.08. The van der Waals surface area contributed by atoms with E-state index in [0.29, 0.717) is 46.4 Å². The van der Waals surface area contributed by atoms with Gasteiger partial charge in [-0.3, -0.25) is 9.59 Å². The molecule has 0 spiro atoms. The lowest BCUT2D eigenvalue weighted by Crippen LogP contribution is -2.48. The van der Waals surface area contributed by atoms with E-state index >= 15 is 0 Å². The Hall–Kier alpha value is -3.85. The number of nitrogens with one attached hydrogen (secondary N) is 1. The summed E-state index contributed by atoms with van der Waals surface area (Å²) in [7, 11) is 3.33. The number of likely N-dealkylation sites (tertiary alicyclic amines) is 1. The number of ether oxygens (including phenoxy) is 2. The van der Waals surface area contributed by atoms with Crippen molar-refractivity contribution >= 4 is 28.3 Å². The molecule has 0 radical (unpaired) electrons. The lowest BCUT2D eigenvalue weighted by Gasteiger charge is -2.42. The minimum atomic E-state index is -0.195. The fourth-order valence-electron chi connectivity index (χ4n) is 5.77. The van der Waals surface area contributed by atoms with E-state index in [1.165, 1.54) is 0 Å². The standard InChI is InChI=1S/C27H28N4O5/c1-15-20(26(33)30-12-17-7-9-27(17,14-30)34-4)13-31-24(15)21(8-10-29-31)36-18-5-6-19-22(11-18)35-16(2)23(19)25(32)28-3/h5-6,8,10-11,13,17H,7,9,12,14H2,1-4H3,(H,28,32)/t17-,27-/m0/s1. The van der Waals surface area contributed by atoms with Crippen molar-refractivity contribution in [1.82, 2.24) is 19.8 Å². The predicted molar refractivity (Wildman–Crippen MR) is 133 cm³/mol. The Morgan fingerprint density at radius 3 is 2.78 bits per heavy atom. The first-order valence-corrected chi connectivity index (χ1v) is 12.1. The number of aryl methyl sites for hydroxylation is 2. The molecule has 2 fully saturated rings. The molecule has 1 aromatic carbocycles. The maximum Gasteiger partial charge on any atom is 0.255 e. The van der Waals surface area contributed by atoms with Crippen LogP contribution in [0.1, 0.15) is 44.9 Å². The number of rotatable bonds is 5. The van der Waals surface area contributed by atoms with Crippen LogP contribution in [-0.4, -0.2) is 59.2 Å². The lowest BCUT2D eigenvalue weighted by atomic mass is 9.72. The van der Waals surface area contributed by atoms with Gasteiger partial charge in [0.1, 0.15) is 22.6 Å². The van der Waals surface area contributed by atoms with E-state index in [9.17, 15) is 9.59 Å². The van der Waals surface area contributed by atoms with Gasteiger partial charge in [-0.05, 0) is 44.4 Å². The first kappa shape index (κ1) is 22.6. The van der Waals surface area contributed by atoms with Crippen LogP contribution < -0.4 is 10.1 Å². The van der Waals surface area contributed by atoms with Crippen LogP contribution in [0.15, 0.2) is 41.1 Å². The highest BCUT2D eigenvalue weighted by Gasteiger charge is 2.54. The summed E-state index contributed by atoms with van der Waals surface area (Å²) >= 11 is 0. The molecule has 0 bridgehead atoms. The van der Waals surface area contributed by atoms with E-state index < -0.39 is 0 Å². The largest absolute Gasteiger partial charge is 0.460 e. The van der Waals surface area contributed by atoms with Gasteiger partial charge in [0.15, 0.2) is 5.75 Å². The predicted octanol–water partition coefficient (Wildman–Crippen LogP) is 4.10. The highest BCUT2D eigenvalue weighted by atomic mass is 16.5. The highest BCUT2D eigenvalue weighted by molar-refractivity contribution is 6.07. The van der Waals surface area contributed by atoms with Crippen molar-refractivity contribution in [3.8, 4) is 11.5 Å². The summed E-state index contributed by atoms with van der Waals surface area (Å²) in [5, 5.41) is 7.79. The molecule has 1 saturated heterocycles. The Morgan fingerprint density at radius 2 is 2.08 bits per heavy atom. The van der Waals surface area contributed by atoms with E-state index in [0.717, 1.165) is 35.9 Å². The van der Waals surface area contributed by atoms with Gasteiger partial charge in [0.25, 0.3) is 11.8 Å². The molecule has 2 atom stereocenters. The quantitative estimate of drug-likeness (QED) is 0.454. The summed E-state index contributed by atoms with van der Waals surface area (Å²) in [6.45, 7) is 5.02. The van der Waals surface area contributed by atoms with Crippen molar-refractivity contribution in [3.05, 3.63) is 59.1 Å². The Morgan fingerprint density at radius 1 is 1.25 bits per heavy atom. The molecule has 1 aliphatic heterocycles. The number of amides is 2. The number of furan rings is 1. The number of methoxy groups -OCH3 is 1. The minimum Gasteiger partial charge on any atom is -0.460 e. The fourth-order valence-corrected chi connectivity index (χ4v) is 5.77. The molecule has 1 N–H and O–H groups in total. The maximum atomic E-state index is 13.5. The van der Waals surface area contributed by atoms with Crippen LogP contribution in [0, 0.1) is 19.8 Å². The summed E-state index contributed by atoms with van der Waals surface area (Å²) in [4.78, 5) is 27.6. The summed E-state index contributed by atoms with van der Waals surface area (Å²) in [5.41, 5.74) is 3.04. The van der Waals surface area contributed by atoms with Crippen LogP contribution in [0.3, 0.4) is 0 Å². The molecule has 2 aliphatic rings. The van der Waals surface area contributed by atoms with Crippen molar-refractivity contribution in [2.45, 2.75) is 32.3 Å². The maximum absolute atomic E-state index is 13.5. The molecule has 6 rings (SSSR count). The van der Waals surface area contributed by atoms with Gasteiger partial charge in [0, 0.05) is 50.3 Å². The first-order valence-electron chi connectivity index (χ1n) is 12.1. The van der Waals surface area contributed by atoms with Crippen LogP contribution in [0.4, 0.5) is 0 Å². The second-order valence-electron chi connectivity index (χ2n) is 9.72. The molecule has 1 saturated carbocycles. The van der Waals surface area contributed by atoms with E-state index in [2.05, 4.69) is 10.4 Å². The van der Waals surface area contributed by atoms with Crippen molar-refractivity contribution < 1.29 is 23.5 Å². The van der Waals surface area contributed by atoms with Gasteiger partial charge in [-0.1, -0.05) is 0 Å². The summed E-state index contributed by atoms with van der Waals surface area (Å²) in [6, 6.07) is 7.16. The number of hydrogen-bond acceptors (Lipinski definition) is 6. The molecule has 2 amide bonds. The van der Waals surface area contributed by atoms with Crippen LogP contribution in [-0.2, 0) is 4.74 Å². The highest BCUT2D eigenvalue weighted by Crippen LogP contribution is 2.47. The van der Waals surface area contributed by atoms with Crippen LogP contribution in [0.25, 0.3) is 16.5 Å². The molecular weight excluding hydrogens is 460 g/mol. The first-order chi connectivity index (χ1) is 17.3. The number of aromatic nitrogens is 2. The zero-order valence-corrected chi connectivity index (χ0v) is 20.8. The monoisotopic (exact) mass is 488 g/mol. The number of carbonyl (C=O) groups is 2. The van der Waals surface area contributed by atoms with E-state index in [1.54, 1.807) is 56.2 Å². The summed E-state index contributed by atoms with van der Waals surface area (Å²) in [6.07, 6.45) is 5.51. The Labute approximate surface area is 207 Å². The van der Waals surface area contributed by atoms with Gasteiger partial charge in [0.2, 0.25) is 0 Å². The second kappa shape index (κ2) is 8.09. The van der Waals surface area contributed by atoms with Crippen LogP contribution in [0.5, 0.6) is 11.5 Å². The zero-order valence-electron chi connectivity index (χ0n) is 20.8. The average Bonchev–Trinajstić information content (AvgIpc) is 3.47. The smallest absolute Gasteiger partial charge is 0.255 e. The van der Waals surface area contributed by atoms with Gasteiger partial charge < -0.3 is 24.1 Å². The normalized spacial score (nSPS) is 21.0. The minimum absolute atomic E-state index is 0.0102.